The quantitative estimate of drug-likeness (QED) is 0.178. The van der Waals surface area contributed by atoms with Crippen LogP contribution in [0.1, 0.15) is 31.2 Å². The first-order chi connectivity index (χ1) is 21.6. The minimum atomic E-state index is -4.53. The summed E-state index contributed by atoms with van der Waals surface area (Å²) in [7, 11) is -4.53. The van der Waals surface area contributed by atoms with E-state index in [-0.39, 0.29) is 39.6 Å². The molecule has 1 aromatic heterocycles. The van der Waals surface area contributed by atoms with Crippen LogP contribution in [0.2, 0.25) is 15.1 Å². The van der Waals surface area contributed by atoms with E-state index in [1.807, 2.05) is 24.3 Å². The van der Waals surface area contributed by atoms with Crippen molar-refractivity contribution in [3.05, 3.63) is 87.5 Å². The highest BCUT2D eigenvalue weighted by atomic mass is 35.5. The van der Waals surface area contributed by atoms with Crippen LogP contribution in [0.15, 0.2) is 71.8 Å². The van der Waals surface area contributed by atoms with Gasteiger partial charge in [-0.2, -0.15) is 0 Å². The van der Waals surface area contributed by atoms with Crippen molar-refractivity contribution in [2.75, 3.05) is 13.1 Å². The molecule has 13 heteroatoms. The van der Waals surface area contributed by atoms with Crippen LogP contribution in [0, 0.1) is 11.8 Å². The molecule has 45 heavy (non-hydrogen) atoms. The molecule has 2 heterocycles. The predicted octanol–water partition coefficient (Wildman–Crippen LogP) is 7.25. The van der Waals surface area contributed by atoms with E-state index in [0.29, 0.717) is 27.5 Å². The lowest BCUT2D eigenvalue weighted by atomic mass is 9.81. The van der Waals surface area contributed by atoms with Crippen molar-refractivity contribution < 1.29 is 22.7 Å². The molecule has 2 aliphatic rings. The SMILES string of the molecule is NCC1CCCC(CN2C(=O)C(Cc3c[nH]c4ccccc34)N(S(=O)(=O)c3ccc(Oc4ccc(Cl)c(Cl)c4)c(Cl)c3)C2=O)C1. The Morgan fingerprint density at radius 2 is 1.71 bits per heavy atom. The number of aromatic nitrogens is 1. The molecular weight excluding hydrogens is 659 g/mol. The number of nitrogens with two attached hydrogens (primary N) is 1. The van der Waals surface area contributed by atoms with Crippen LogP contribution in [-0.2, 0) is 21.2 Å². The maximum atomic E-state index is 14.2. The lowest BCUT2D eigenvalue weighted by molar-refractivity contribution is -0.128. The number of nitrogens with one attached hydrogen (secondary N) is 1. The second kappa shape index (κ2) is 12.8. The van der Waals surface area contributed by atoms with Gasteiger partial charge in [0, 0.05) is 36.1 Å². The van der Waals surface area contributed by atoms with Gasteiger partial charge in [0.2, 0.25) is 0 Å². The first kappa shape index (κ1) is 31.7. The van der Waals surface area contributed by atoms with Gasteiger partial charge in [-0.3, -0.25) is 9.69 Å². The number of amides is 3. The lowest BCUT2D eigenvalue weighted by Crippen LogP contribution is -2.41. The van der Waals surface area contributed by atoms with E-state index in [4.69, 9.17) is 45.3 Å². The largest absolute Gasteiger partial charge is 0.456 e. The Morgan fingerprint density at radius 1 is 0.933 bits per heavy atom. The molecule has 9 nitrogen and oxygen atoms in total. The Balaban J connectivity index is 1.33. The monoisotopic (exact) mass is 688 g/mol. The zero-order chi connectivity index (χ0) is 31.9. The van der Waals surface area contributed by atoms with Crippen molar-refractivity contribution in [1.29, 1.82) is 0 Å². The van der Waals surface area contributed by atoms with Crippen molar-refractivity contribution in [3.8, 4) is 11.5 Å². The third-order valence-electron chi connectivity index (χ3n) is 8.59. The van der Waals surface area contributed by atoms with Crippen LogP contribution in [0.25, 0.3) is 10.9 Å². The number of hydrogen-bond acceptors (Lipinski definition) is 6. The number of benzene rings is 3. The highest BCUT2D eigenvalue weighted by molar-refractivity contribution is 7.89. The number of urea groups is 1. The summed E-state index contributed by atoms with van der Waals surface area (Å²) in [4.78, 5) is 31.9. The van der Waals surface area contributed by atoms with Crippen LogP contribution in [0.3, 0.4) is 0 Å². The van der Waals surface area contributed by atoms with Crippen molar-refractivity contribution in [1.82, 2.24) is 14.2 Å². The third kappa shape index (κ3) is 6.26. The fourth-order valence-corrected chi connectivity index (χ4v) is 8.40. The standard InChI is InChI=1S/C32H31Cl3N4O5S/c33-25-10-8-22(14-26(25)34)44-30-11-9-23(15-27(30)35)45(42,43)39-29(13-21-17-37-28-7-2-1-6-24(21)28)31(40)38(32(39)41)18-20-5-3-4-19(12-20)16-36/h1-2,6-11,14-15,17,19-20,29,37H,3-5,12-13,16,18,36H2. The highest BCUT2D eigenvalue weighted by Crippen LogP contribution is 2.38. The summed E-state index contributed by atoms with van der Waals surface area (Å²) in [5.41, 5.74) is 7.49. The molecule has 6 rings (SSSR count). The summed E-state index contributed by atoms with van der Waals surface area (Å²) in [6, 6.07) is 13.9. The van der Waals surface area contributed by atoms with Gasteiger partial charge in [-0.25, -0.2) is 17.5 Å². The normalized spacial score (nSPS) is 20.8. The number of rotatable bonds is 9. The highest BCUT2D eigenvalue weighted by Gasteiger charge is 2.52. The molecule has 1 saturated heterocycles. The first-order valence-corrected chi connectivity index (χ1v) is 17.2. The number of nitrogens with zero attached hydrogens (tertiary/aromatic N) is 2. The Labute approximate surface area is 276 Å². The molecule has 2 fully saturated rings. The molecule has 0 bridgehead atoms. The fraction of sp³-hybridized carbons (Fsp3) is 0.312. The number of fused-ring (bicyclic) bond motifs is 1. The molecule has 1 saturated carbocycles. The number of halogens is 3. The van der Waals surface area contributed by atoms with Crippen molar-refractivity contribution in [2.24, 2.45) is 17.6 Å². The van der Waals surface area contributed by atoms with Crippen LogP contribution in [0.4, 0.5) is 4.79 Å². The number of ether oxygens (including phenoxy) is 1. The van der Waals surface area contributed by atoms with Crippen LogP contribution in [0.5, 0.6) is 11.5 Å². The minimum Gasteiger partial charge on any atom is -0.456 e. The Morgan fingerprint density at radius 3 is 2.47 bits per heavy atom. The van der Waals surface area contributed by atoms with Crippen LogP contribution < -0.4 is 10.5 Å². The van der Waals surface area contributed by atoms with E-state index in [1.165, 1.54) is 24.3 Å². The van der Waals surface area contributed by atoms with Gasteiger partial charge in [0.05, 0.1) is 20.0 Å². The Hall–Kier alpha value is -3.28. The molecule has 1 aliphatic carbocycles. The summed E-state index contributed by atoms with van der Waals surface area (Å²) in [5, 5.41) is 1.46. The topological polar surface area (TPSA) is 126 Å². The molecular formula is C32H31Cl3N4O5S. The number of imide groups is 1. The number of H-pyrrole nitrogens is 1. The number of sulfonamides is 1. The van der Waals surface area contributed by atoms with E-state index in [1.54, 1.807) is 18.3 Å². The zero-order valence-electron chi connectivity index (χ0n) is 24.1. The van der Waals surface area contributed by atoms with Gasteiger partial charge in [-0.1, -0.05) is 59.4 Å². The van der Waals surface area contributed by atoms with Crippen molar-refractivity contribution >= 4 is 67.7 Å². The smallest absolute Gasteiger partial charge is 0.341 e. The lowest BCUT2D eigenvalue weighted by Gasteiger charge is -2.30. The Bertz CT molecular complexity index is 1880. The molecule has 3 unspecified atom stereocenters. The molecule has 1 aliphatic heterocycles. The van der Waals surface area contributed by atoms with Gasteiger partial charge in [0.15, 0.2) is 0 Å². The van der Waals surface area contributed by atoms with E-state index in [2.05, 4.69) is 4.98 Å². The number of para-hydroxylation sites is 1. The average molecular weight is 690 g/mol. The summed E-state index contributed by atoms with van der Waals surface area (Å²) < 4.78 is 34.9. The van der Waals surface area contributed by atoms with Crippen LogP contribution >= 0.6 is 34.8 Å². The molecule has 3 atom stereocenters. The van der Waals surface area contributed by atoms with E-state index in [9.17, 15) is 18.0 Å². The predicted molar refractivity (Wildman–Crippen MR) is 174 cm³/mol. The number of aromatic amines is 1. The number of carbonyl (C=O) groups is 2. The molecule has 3 N–H and O–H groups in total. The average Bonchev–Trinajstić information content (AvgIpc) is 3.54. The van der Waals surface area contributed by atoms with Crippen LogP contribution in [-0.4, -0.2) is 53.7 Å². The van der Waals surface area contributed by atoms with Crippen molar-refractivity contribution in [2.45, 2.75) is 43.0 Å². The van der Waals surface area contributed by atoms with E-state index >= 15 is 0 Å². The molecule has 3 aromatic carbocycles. The second-order valence-electron chi connectivity index (χ2n) is 11.5. The Kier molecular flexibility index (Phi) is 9.05. The van der Waals surface area contributed by atoms with E-state index < -0.39 is 28.0 Å². The zero-order valence-corrected chi connectivity index (χ0v) is 27.2. The summed E-state index contributed by atoms with van der Waals surface area (Å²) in [6.07, 6.45) is 5.32. The maximum Gasteiger partial charge on any atom is 0.341 e. The number of carbonyl (C=O) groups excluding carboxylic acids is 2. The molecule has 0 spiro atoms. The van der Waals surface area contributed by atoms with Crippen molar-refractivity contribution in [3.63, 3.8) is 0 Å². The van der Waals surface area contributed by atoms with Gasteiger partial charge in [0.1, 0.15) is 17.5 Å². The van der Waals surface area contributed by atoms with E-state index in [0.717, 1.165) is 47.0 Å². The fourth-order valence-electron chi connectivity index (χ4n) is 6.29. The summed E-state index contributed by atoms with van der Waals surface area (Å²) >= 11 is 18.6. The maximum absolute atomic E-state index is 14.2. The van der Waals surface area contributed by atoms with Gasteiger partial charge < -0.3 is 15.5 Å². The summed E-state index contributed by atoms with van der Waals surface area (Å²) in [6.45, 7) is 0.676. The summed E-state index contributed by atoms with van der Waals surface area (Å²) in [5.74, 6) is 0.321. The second-order valence-corrected chi connectivity index (χ2v) is 14.6. The molecule has 3 amide bonds. The minimum absolute atomic E-state index is 0.00661. The van der Waals surface area contributed by atoms with Gasteiger partial charge >= 0.3 is 6.03 Å². The molecule has 4 aromatic rings. The van der Waals surface area contributed by atoms with Gasteiger partial charge in [0.25, 0.3) is 15.9 Å². The third-order valence-corrected chi connectivity index (χ3v) is 11.4. The molecule has 0 radical (unpaired) electrons. The van der Waals surface area contributed by atoms with Gasteiger partial charge in [-0.15, -0.1) is 0 Å². The first-order valence-electron chi connectivity index (χ1n) is 14.6. The number of hydrogen-bond donors (Lipinski definition) is 2. The molecule has 236 valence electrons. The van der Waals surface area contributed by atoms with Gasteiger partial charge in [-0.05, 0) is 79.6 Å².